The lowest BCUT2D eigenvalue weighted by Gasteiger charge is -2.41. The molecule has 3 N–H and O–H groups in total. The third-order valence-corrected chi connectivity index (χ3v) is 6.02. The van der Waals surface area contributed by atoms with Crippen molar-refractivity contribution in [3.8, 4) is 0 Å². The van der Waals surface area contributed by atoms with Gasteiger partial charge in [0.05, 0.1) is 22.0 Å². The zero-order valence-electron chi connectivity index (χ0n) is 14.9. The molecule has 1 spiro atoms. The molecule has 7 heteroatoms. The lowest BCUT2D eigenvalue weighted by atomic mass is 9.78. The highest BCUT2D eigenvalue weighted by Crippen LogP contribution is 2.36. The summed E-state index contributed by atoms with van der Waals surface area (Å²) in [7, 11) is 0. The summed E-state index contributed by atoms with van der Waals surface area (Å²) in [6, 6.07) is 8.03. The number of ketones is 1. The number of primary amides is 1. The first-order chi connectivity index (χ1) is 13.1. The highest BCUT2D eigenvalue weighted by Gasteiger charge is 2.45. The van der Waals surface area contributed by atoms with Crippen molar-refractivity contribution in [2.45, 2.75) is 12.8 Å². The molecule has 1 amide bonds. The van der Waals surface area contributed by atoms with Gasteiger partial charge in [-0.05, 0) is 19.0 Å². The minimum Gasteiger partial charge on any atom is -0.365 e. The Balaban J connectivity index is 1.76. The minimum atomic E-state index is -0.498. The zero-order valence-corrected chi connectivity index (χ0v) is 14.9. The van der Waals surface area contributed by atoms with Crippen LogP contribution in [0.4, 0.5) is 0 Å². The van der Waals surface area contributed by atoms with Gasteiger partial charge in [-0.15, -0.1) is 0 Å². The normalized spacial score (nSPS) is 23.0. The fraction of sp³-hybridized carbons (Fsp3) is 0.350. The molecule has 2 aliphatic rings. The van der Waals surface area contributed by atoms with Crippen molar-refractivity contribution in [3.05, 3.63) is 42.2 Å². The Morgan fingerprint density at radius 3 is 2.85 bits per heavy atom. The molecule has 3 aromatic rings. The van der Waals surface area contributed by atoms with Gasteiger partial charge in [-0.1, -0.05) is 18.2 Å². The van der Waals surface area contributed by atoms with Gasteiger partial charge in [-0.2, -0.15) is 0 Å². The molecule has 27 heavy (non-hydrogen) atoms. The van der Waals surface area contributed by atoms with Crippen molar-refractivity contribution >= 4 is 33.5 Å². The number of nitrogens with one attached hydrogen (secondary N) is 1. The molecule has 0 bridgehead atoms. The molecular formula is C20H21N5O2. The van der Waals surface area contributed by atoms with E-state index in [1.54, 1.807) is 6.20 Å². The van der Waals surface area contributed by atoms with Gasteiger partial charge in [-0.3, -0.25) is 19.2 Å². The van der Waals surface area contributed by atoms with Crippen LogP contribution in [0.15, 0.2) is 36.7 Å². The number of carbonyl (C=O) groups is 2. The predicted molar refractivity (Wildman–Crippen MR) is 103 cm³/mol. The van der Waals surface area contributed by atoms with Crippen molar-refractivity contribution < 1.29 is 9.59 Å². The van der Waals surface area contributed by atoms with E-state index in [4.69, 9.17) is 5.73 Å². The van der Waals surface area contributed by atoms with Crippen LogP contribution in [0.1, 0.15) is 23.2 Å². The average molecular weight is 363 g/mol. The molecule has 2 aromatic heterocycles. The Morgan fingerprint density at radius 2 is 2.07 bits per heavy atom. The van der Waals surface area contributed by atoms with Gasteiger partial charge >= 0.3 is 0 Å². The molecule has 0 aliphatic carbocycles. The Labute approximate surface area is 156 Å². The number of rotatable bonds is 2. The first kappa shape index (κ1) is 16.3. The molecule has 138 valence electrons. The van der Waals surface area contributed by atoms with Crippen LogP contribution in [0, 0.1) is 5.41 Å². The predicted octanol–water partition coefficient (Wildman–Crippen LogP) is 1.18. The summed E-state index contributed by atoms with van der Waals surface area (Å²) in [6.07, 6.45) is 4.67. The zero-order chi connectivity index (χ0) is 18.6. The van der Waals surface area contributed by atoms with E-state index in [-0.39, 0.29) is 5.41 Å². The number of Topliss-reactive ketones (excluding diaryl/α,β-unsaturated/α-hetero) is 1. The molecule has 2 aliphatic heterocycles. The maximum atomic E-state index is 12.7. The molecule has 1 aromatic carbocycles. The maximum Gasteiger partial charge on any atom is 0.252 e. The smallest absolute Gasteiger partial charge is 0.252 e. The second-order valence-electron chi connectivity index (χ2n) is 7.54. The number of para-hydroxylation sites is 1. The Bertz CT molecular complexity index is 1080. The number of aromatic nitrogens is 2. The van der Waals surface area contributed by atoms with E-state index in [1.807, 2.05) is 24.3 Å². The van der Waals surface area contributed by atoms with E-state index in [1.165, 1.54) is 6.20 Å². The number of fused-ring (bicyclic) bond motifs is 3. The number of hydrogen-bond donors (Lipinski definition) is 2. The van der Waals surface area contributed by atoms with E-state index < -0.39 is 5.91 Å². The van der Waals surface area contributed by atoms with Gasteiger partial charge in [0.2, 0.25) is 0 Å². The standard InChI is InChI=1S/C20H21N5O2/c21-19(27)15-10-23-9-14-13-3-1-2-4-16(13)25(18(14)15)24-8-5-17(26)20(12-24)6-7-22-11-20/h1-4,9-10,22H,5-8,11-12H2,(H2,21,27)/t20-/m0/s1. The second-order valence-corrected chi connectivity index (χ2v) is 7.54. The number of nitrogens with two attached hydrogens (primary N) is 1. The SMILES string of the molecule is NC(=O)c1cncc2c3ccccc3n(N3CCC(=O)[C@]4(CCNC4)C3)c12. The van der Waals surface area contributed by atoms with E-state index in [9.17, 15) is 9.59 Å². The third kappa shape index (κ3) is 2.28. The Hall–Kier alpha value is -2.93. The van der Waals surface area contributed by atoms with Gasteiger partial charge in [0.25, 0.3) is 5.91 Å². The van der Waals surface area contributed by atoms with Gasteiger partial charge in [0, 0.05) is 49.2 Å². The average Bonchev–Trinajstić information content (AvgIpc) is 3.27. The number of benzene rings is 1. The summed E-state index contributed by atoms with van der Waals surface area (Å²) < 4.78 is 2.08. The van der Waals surface area contributed by atoms with Crippen LogP contribution in [0.25, 0.3) is 21.8 Å². The highest BCUT2D eigenvalue weighted by atomic mass is 16.1. The molecule has 2 fully saturated rings. The van der Waals surface area contributed by atoms with Crippen LogP contribution in [-0.4, -0.2) is 47.5 Å². The van der Waals surface area contributed by atoms with Crippen LogP contribution < -0.4 is 16.1 Å². The quantitative estimate of drug-likeness (QED) is 0.713. The van der Waals surface area contributed by atoms with Crippen LogP contribution in [0.5, 0.6) is 0 Å². The van der Waals surface area contributed by atoms with Crippen molar-refractivity contribution in [2.75, 3.05) is 31.2 Å². The number of hydrogen-bond acceptors (Lipinski definition) is 5. The first-order valence-corrected chi connectivity index (χ1v) is 9.27. The van der Waals surface area contributed by atoms with Gasteiger partial charge in [0.1, 0.15) is 5.78 Å². The second kappa shape index (κ2) is 5.79. The Morgan fingerprint density at radius 1 is 1.22 bits per heavy atom. The van der Waals surface area contributed by atoms with E-state index in [2.05, 4.69) is 20.0 Å². The topological polar surface area (TPSA) is 93.2 Å². The highest BCUT2D eigenvalue weighted by molar-refractivity contribution is 6.15. The summed E-state index contributed by atoms with van der Waals surface area (Å²) in [5, 5.41) is 7.47. The maximum absolute atomic E-state index is 12.7. The monoisotopic (exact) mass is 363 g/mol. The lowest BCUT2D eigenvalue weighted by molar-refractivity contribution is -0.128. The van der Waals surface area contributed by atoms with E-state index in [0.717, 1.165) is 34.8 Å². The summed E-state index contributed by atoms with van der Waals surface area (Å²) in [6.45, 7) is 2.83. The molecule has 1 atom stereocenters. The summed E-state index contributed by atoms with van der Waals surface area (Å²) in [5.74, 6) is -0.163. The molecule has 5 rings (SSSR count). The minimum absolute atomic E-state index is 0.335. The molecule has 4 heterocycles. The van der Waals surface area contributed by atoms with E-state index in [0.29, 0.717) is 37.4 Å². The van der Waals surface area contributed by atoms with Crippen LogP contribution >= 0.6 is 0 Å². The van der Waals surface area contributed by atoms with Gasteiger partial charge in [0.15, 0.2) is 0 Å². The number of amides is 1. The number of piperidine rings is 1. The summed E-state index contributed by atoms with van der Waals surface area (Å²) >= 11 is 0. The molecule has 0 unspecified atom stereocenters. The summed E-state index contributed by atoms with van der Waals surface area (Å²) in [4.78, 5) is 29.0. The van der Waals surface area contributed by atoms with Crippen molar-refractivity contribution in [2.24, 2.45) is 11.1 Å². The van der Waals surface area contributed by atoms with Crippen LogP contribution in [0.3, 0.4) is 0 Å². The lowest BCUT2D eigenvalue weighted by Crippen LogP contribution is -2.54. The van der Waals surface area contributed by atoms with Crippen molar-refractivity contribution in [3.63, 3.8) is 0 Å². The van der Waals surface area contributed by atoms with E-state index >= 15 is 0 Å². The van der Waals surface area contributed by atoms with Crippen LogP contribution in [0.2, 0.25) is 0 Å². The number of nitrogens with zero attached hydrogens (tertiary/aromatic N) is 3. The van der Waals surface area contributed by atoms with Gasteiger partial charge in [-0.25, -0.2) is 0 Å². The van der Waals surface area contributed by atoms with Crippen molar-refractivity contribution in [1.82, 2.24) is 15.0 Å². The Kier molecular flexibility index (Phi) is 3.48. The molecule has 2 saturated heterocycles. The fourth-order valence-corrected chi connectivity index (χ4v) is 4.66. The molecule has 7 nitrogen and oxygen atoms in total. The largest absolute Gasteiger partial charge is 0.365 e. The first-order valence-electron chi connectivity index (χ1n) is 9.27. The number of carbonyl (C=O) groups excluding carboxylic acids is 2. The molecular weight excluding hydrogens is 342 g/mol. The van der Waals surface area contributed by atoms with Crippen molar-refractivity contribution in [1.29, 1.82) is 0 Å². The van der Waals surface area contributed by atoms with Gasteiger partial charge < -0.3 is 16.1 Å². The third-order valence-electron chi connectivity index (χ3n) is 6.02. The number of pyridine rings is 1. The molecule has 0 radical (unpaired) electrons. The van der Waals surface area contributed by atoms with Crippen LogP contribution in [-0.2, 0) is 4.79 Å². The fourth-order valence-electron chi connectivity index (χ4n) is 4.66. The molecule has 0 saturated carbocycles. The summed E-state index contributed by atoms with van der Waals surface area (Å²) in [5.41, 5.74) is 7.48.